The lowest BCUT2D eigenvalue weighted by molar-refractivity contribution is -0.117. The van der Waals surface area contributed by atoms with E-state index in [4.69, 9.17) is 0 Å². The van der Waals surface area contributed by atoms with Gasteiger partial charge in [-0.25, -0.2) is 8.42 Å². The summed E-state index contributed by atoms with van der Waals surface area (Å²) in [7, 11) is -3.34. The van der Waals surface area contributed by atoms with E-state index in [9.17, 15) is 13.2 Å². The Hall–Kier alpha value is -1.80. The van der Waals surface area contributed by atoms with Gasteiger partial charge in [-0.1, -0.05) is 29.0 Å². The first-order valence-corrected chi connectivity index (χ1v) is 9.83. The van der Waals surface area contributed by atoms with Crippen LogP contribution in [0.25, 0.3) is 0 Å². The van der Waals surface area contributed by atoms with Crippen molar-refractivity contribution in [2.24, 2.45) is 5.92 Å². The molecule has 122 valence electrons. The van der Waals surface area contributed by atoms with Gasteiger partial charge in [0.2, 0.25) is 11.0 Å². The first-order chi connectivity index (χ1) is 10.9. The highest BCUT2D eigenvalue weighted by molar-refractivity contribution is 7.91. The number of nitrogens with zero attached hydrogens (tertiary/aromatic N) is 2. The molecule has 1 aromatic heterocycles. The third-order valence-corrected chi connectivity index (χ3v) is 6.24. The van der Waals surface area contributed by atoms with Gasteiger partial charge in [-0.2, -0.15) is 0 Å². The summed E-state index contributed by atoms with van der Waals surface area (Å²) in [5.74, 6) is 0.0469. The van der Waals surface area contributed by atoms with E-state index in [0.717, 1.165) is 18.4 Å². The molecule has 3 rings (SSSR count). The second-order valence-corrected chi connectivity index (χ2v) is 8.82. The van der Waals surface area contributed by atoms with E-state index < -0.39 is 9.84 Å². The fourth-order valence-electron chi connectivity index (χ4n) is 2.04. The number of rotatable bonds is 6. The number of sulfone groups is 1. The number of benzene rings is 1. The van der Waals surface area contributed by atoms with Gasteiger partial charge in [-0.05, 0) is 31.9 Å². The Labute approximate surface area is 138 Å². The maximum absolute atomic E-state index is 12.3. The number of hydrogen-bond donors (Lipinski definition) is 1. The van der Waals surface area contributed by atoms with E-state index >= 15 is 0 Å². The Bertz CT molecular complexity index is 809. The third-order valence-electron chi connectivity index (χ3n) is 3.61. The van der Waals surface area contributed by atoms with Crippen LogP contribution in [-0.2, 0) is 21.1 Å². The molecule has 1 aliphatic rings. The van der Waals surface area contributed by atoms with Crippen LogP contribution in [0, 0.1) is 12.8 Å². The second kappa shape index (κ2) is 6.37. The SMILES string of the molecule is Cc1ccc(S(=O)(=O)CCc2nnc(NC(=O)C3CC3)s2)cc1. The fraction of sp³-hybridized carbons (Fsp3) is 0.400. The van der Waals surface area contributed by atoms with Crippen molar-refractivity contribution in [2.75, 3.05) is 11.1 Å². The molecule has 0 atom stereocenters. The van der Waals surface area contributed by atoms with E-state index in [2.05, 4.69) is 15.5 Å². The van der Waals surface area contributed by atoms with Crippen LogP contribution in [0.2, 0.25) is 0 Å². The number of anilines is 1. The maximum atomic E-state index is 12.3. The molecule has 1 amide bonds. The highest BCUT2D eigenvalue weighted by Gasteiger charge is 2.30. The minimum absolute atomic E-state index is 0.0265. The zero-order valence-corrected chi connectivity index (χ0v) is 14.3. The van der Waals surface area contributed by atoms with Crippen LogP contribution in [0.3, 0.4) is 0 Å². The summed E-state index contributed by atoms with van der Waals surface area (Å²) in [5, 5.41) is 11.6. The van der Waals surface area contributed by atoms with Crippen LogP contribution in [-0.4, -0.2) is 30.3 Å². The minimum atomic E-state index is -3.34. The van der Waals surface area contributed by atoms with Crippen molar-refractivity contribution in [3.63, 3.8) is 0 Å². The highest BCUT2D eigenvalue weighted by atomic mass is 32.2. The molecular weight excluding hydrogens is 334 g/mol. The number of carbonyl (C=O) groups excluding carboxylic acids is 1. The molecular formula is C15H17N3O3S2. The number of hydrogen-bond acceptors (Lipinski definition) is 6. The molecule has 0 unspecified atom stereocenters. The summed E-state index contributed by atoms with van der Waals surface area (Å²) >= 11 is 1.23. The predicted molar refractivity (Wildman–Crippen MR) is 88.2 cm³/mol. The molecule has 0 aliphatic heterocycles. The molecule has 1 N–H and O–H groups in total. The van der Waals surface area contributed by atoms with E-state index in [1.165, 1.54) is 11.3 Å². The Kier molecular flexibility index (Phi) is 4.45. The number of amides is 1. The number of aromatic nitrogens is 2. The average Bonchev–Trinajstić information content (AvgIpc) is 3.27. The third kappa shape index (κ3) is 4.14. The molecule has 1 saturated carbocycles. The van der Waals surface area contributed by atoms with Crippen LogP contribution in [0.15, 0.2) is 29.2 Å². The molecule has 1 aliphatic carbocycles. The largest absolute Gasteiger partial charge is 0.300 e. The first-order valence-electron chi connectivity index (χ1n) is 7.37. The van der Waals surface area contributed by atoms with Gasteiger partial charge in [0.15, 0.2) is 9.84 Å². The normalized spacial score (nSPS) is 14.7. The van der Waals surface area contributed by atoms with Crippen LogP contribution in [0.1, 0.15) is 23.4 Å². The molecule has 23 heavy (non-hydrogen) atoms. The van der Waals surface area contributed by atoms with Crippen molar-refractivity contribution in [2.45, 2.75) is 31.1 Å². The topological polar surface area (TPSA) is 89.0 Å². The molecule has 8 heteroatoms. The molecule has 0 spiro atoms. The van der Waals surface area contributed by atoms with E-state index in [0.29, 0.717) is 15.0 Å². The summed E-state index contributed by atoms with van der Waals surface area (Å²) in [4.78, 5) is 12.0. The Morgan fingerprint density at radius 1 is 1.26 bits per heavy atom. The Morgan fingerprint density at radius 2 is 1.96 bits per heavy atom. The summed E-state index contributed by atoms with van der Waals surface area (Å²) in [6.45, 7) is 1.91. The van der Waals surface area contributed by atoms with E-state index in [1.54, 1.807) is 24.3 Å². The molecule has 1 aromatic carbocycles. The lowest BCUT2D eigenvalue weighted by Crippen LogP contribution is -2.12. The van der Waals surface area contributed by atoms with Gasteiger partial charge in [-0.3, -0.25) is 4.79 Å². The van der Waals surface area contributed by atoms with Crippen LogP contribution >= 0.6 is 11.3 Å². The molecule has 1 heterocycles. The fourth-order valence-corrected chi connectivity index (χ4v) is 4.16. The smallest absolute Gasteiger partial charge is 0.229 e. The van der Waals surface area contributed by atoms with Gasteiger partial charge >= 0.3 is 0 Å². The molecule has 0 radical (unpaired) electrons. The standard InChI is InChI=1S/C15H17N3O3S2/c1-10-2-6-12(7-3-10)23(20,21)9-8-13-17-18-15(22-13)16-14(19)11-4-5-11/h2-3,6-7,11H,4-5,8-9H2,1H3,(H,16,18,19). The first kappa shape index (κ1) is 16.1. The lowest BCUT2D eigenvalue weighted by Gasteiger charge is -2.03. The van der Waals surface area contributed by atoms with Crippen molar-refractivity contribution in [1.29, 1.82) is 0 Å². The van der Waals surface area contributed by atoms with E-state index in [-0.39, 0.29) is 24.0 Å². The van der Waals surface area contributed by atoms with Gasteiger partial charge in [0, 0.05) is 12.3 Å². The van der Waals surface area contributed by atoms with E-state index in [1.807, 2.05) is 6.92 Å². The lowest BCUT2D eigenvalue weighted by atomic mass is 10.2. The van der Waals surface area contributed by atoms with Crippen molar-refractivity contribution in [3.05, 3.63) is 34.8 Å². The van der Waals surface area contributed by atoms with Crippen molar-refractivity contribution >= 4 is 32.2 Å². The summed E-state index contributed by atoms with van der Waals surface area (Å²) < 4.78 is 24.6. The quantitative estimate of drug-likeness (QED) is 0.862. The van der Waals surface area contributed by atoms with Crippen molar-refractivity contribution in [1.82, 2.24) is 10.2 Å². The number of carbonyl (C=O) groups is 1. The Balaban J connectivity index is 1.60. The van der Waals surface area contributed by atoms with Crippen LogP contribution in [0.5, 0.6) is 0 Å². The molecule has 1 fully saturated rings. The molecule has 6 nitrogen and oxygen atoms in total. The maximum Gasteiger partial charge on any atom is 0.229 e. The van der Waals surface area contributed by atoms with Gasteiger partial charge in [0.25, 0.3) is 0 Å². The molecule has 0 saturated heterocycles. The number of aryl methyl sites for hydroxylation is 2. The van der Waals surface area contributed by atoms with Gasteiger partial charge in [0.1, 0.15) is 5.01 Å². The van der Waals surface area contributed by atoms with Gasteiger partial charge in [0.05, 0.1) is 10.6 Å². The summed E-state index contributed by atoms with van der Waals surface area (Å²) in [6, 6.07) is 6.80. The molecule has 2 aromatic rings. The predicted octanol–water partition coefficient (Wildman–Crippen LogP) is 2.21. The van der Waals surface area contributed by atoms with Gasteiger partial charge in [-0.15, -0.1) is 10.2 Å². The Morgan fingerprint density at radius 3 is 2.61 bits per heavy atom. The number of nitrogens with one attached hydrogen (secondary N) is 1. The van der Waals surface area contributed by atoms with Gasteiger partial charge < -0.3 is 5.32 Å². The molecule has 0 bridgehead atoms. The zero-order chi connectivity index (χ0) is 16.4. The highest BCUT2D eigenvalue weighted by Crippen LogP contribution is 2.30. The second-order valence-electron chi connectivity index (χ2n) is 5.65. The van der Waals surface area contributed by atoms with Crippen LogP contribution < -0.4 is 5.32 Å². The summed E-state index contributed by atoms with van der Waals surface area (Å²) in [6.07, 6.45) is 2.13. The minimum Gasteiger partial charge on any atom is -0.300 e. The zero-order valence-electron chi connectivity index (χ0n) is 12.7. The van der Waals surface area contributed by atoms with Crippen molar-refractivity contribution in [3.8, 4) is 0 Å². The summed E-state index contributed by atoms with van der Waals surface area (Å²) in [5.41, 5.74) is 1.02. The van der Waals surface area contributed by atoms with Crippen LogP contribution in [0.4, 0.5) is 5.13 Å². The van der Waals surface area contributed by atoms with Crippen molar-refractivity contribution < 1.29 is 13.2 Å². The monoisotopic (exact) mass is 351 g/mol. The average molecular weight is 351 g/mol.